The number of hydrogen-bond acceptors (Lipinski definition) is 5. The monoisotopic (exact) mass is 341 g/mol. The van der Waals surface area contributed by atoms with Gasteiger partial charge in [0.15, 0.2) is 0 Å². The summed E-state index contributed by atoms with van der Waals surface area (Å²) in [4.78, 5) is 26.5. The number of esters is 1. The number of rotatable bonds is 7. The molecule has 0 saturated carbocycles. The lowest BCUT2D eigenvalue weighted by Crippen LogP contribution is -2.15. The summed E-state index contributed by atoms with van der Waals surface area (Å²) < 4.78 is 10.7. The summed E-state index contributed by atoms with van der Waals surface area (Å²) in [7, 11) is 0. The molecule has 1 aromatic heterocycles. The molecule has 0 spiro atoms. The highest BCUT2D eigenvalue weighted by atomic mass is 16.5. The second-order valence-electron chi connectivity index (χ2n) is 5.98. The molecule has 0 saturated heterocycles. The molecule has 0 fully saturated rings. The van der Waals surface area contributed by atoms with Crippen molar-refractivity contribution in [3.8, 4) is 17.0 Å². The van der Waals surface area contributed by atoms with Gasteiger partial charge in [-0.25, -0.2) is 4.98 Å². The Morgan fingerprint density at radius 2 is 1.96 bits per heavy atom. The Bertz CT molecular complexity index is 770. The van der Waals surface area contributed by atoms with Gasteiger partial charge in [0.2, 0.25) is 5.88 Å². The van der Waals surface area contributed by atoms with Gasteiger partial charge in [0.1, 0.15) is 12.4 Å². The smallest absolute Gasteiger partial charge is 0.302 e. The van der Waals surface area contributed by atoms with E-state index in [1.54, 1.807) is 6.07 Å². The van der Waals surface area contributed by atoms with E-state index in [1.165, 1.54) is 6.92 Å². The van der Waals surface area contributed by atoms with Crippen molar-refractivity contribution >= 4 is 12.3 Å². The molecule has 1 atom stereocenters. The highest BCUT2D eigenvalue weighted by Gasteiger charge is 2.11. The summed E-state index contributed by atoms with van der Waals surface area (Å²) in [6.45, 7) is 7.48. The van der Waals surface area contributed by atoms with Gasteiger partial charge in [0.05, 0.1) is 6.61 Å². The van der Waals surface area contributed by atoms with Crippen LogP contribution in [-0.2, 0) is 9.53 Å². The molecule has 132 valence electrons. The van der Waals surface area contributed by atoms with Crippen molar-refractivity contribution in [2.45, 2.75) is 40.2 Å². The van der Waals surface area contributed by atoms with Crippen LogP contribution in [-0.4, -0.2) is 30.0 Å². The van der Waals surface area contributed by atoms with Crippen LogP contribution in [0, 0.1) is 13.8 Å². The number of nitrogens with zero attached hydrogens (tertiary/aromatic N) is 1. The SMILES string of the molecule is CC(=O)O[C@@H](C)CCOc1ccc(-c2cccc(C=O)c2C)c(C)n1. The second-order valence-corrected chi connectivity index (χ2v) is 5.98. The molecule has 2 rings (SSSR count). The number of aldehydes is 1. The zero-order valence-corrected chi connectivity index (χ0v) is 15.0. The summed E-state index contributed by atoms with van der Waals surface area (Å²) in [6.07, 6.45) is 1.28. The maximum atomic E-state index is 11.1. The predicted molar refractivity (Wildman–Crippen MR) is 95.9 cm³/mol. The minimum absolute atomic E-state index is 0.188. The van der Waals surface area contributed by atoms with Crippen LogP contribution in [0.15, 0.2) is 30.3 Å². The van der Waals surface area contributed by atoms with Crippen LogP contribution >= 0.6 is 0 Å². The van der Waals surface area contributed by atoms with E-state index in [0.717, 1.165) is 28.7 Å². The maximum absolute atomic E-state index is 11.1. The highest BCUT2D eigenvalue weighted by molar-refractivity contribution is 5.83. The van der Waals surface area contributed by atoms with E-state index in [4.69, 9.17) is 9.47 Å². The first-order chi connectivity index (χ1) is 11.9. The lowest BCUT2D eigenvalue weighted by Gasteiger charge is -2.14. The number of pyridine rings is 1. The fourth-order valence-electron chi connectivity index (χ4n) is 2.65. The molecule has 0 aliphatic carbocycles. The predicted octanol–water partition coefficient (Wildman–Crippen LogP) is 3.90. The van der Waals surface area contributed by atoms with Gasteiger partial charge in [0.25, 0.3) is 0 Å². The Hall–Kier alpha value is -2.69. The van der Waals surface area contributed by atoms with Gasteiger partial charge < -0.3 is 9.47 Å². The summed E-state index contributed by atoms with van der Waals surface area (Å²) in [5, 5.41) is 0. The summed E-state index contributed by atoms with van der Waals surface area (Å²) >= 11 is 0. The minimum atomic E-state index is -0.293. The van der Waals surface area contributed by atoms with Gasteiger partial charge in [0, 0.05) is 36.2 Å². The summed E-state index contributed by atoms with van der Waals surface area (Å²) in [5.41, 5.74) is 4.41. The zero-order chi connectivity index (χ0) is 18.4. The molecule has 0 amide bonds. The molecule has 0 bridgehead atoms. The largest absolute Gasteiger partial charge is 0.478 e. The topological polar surface area (TPSA) is 65.5 Å². The molecular formula is C20H23NO4. The van der Waals surface area contributed by atoms with E-state index in [9.17, 15) is 9.59 Å². The third kappa shape index (κ3) is 4.89. The van der Waals surface area contributed by atoms with Crippen LogP contribution in [0.2, 0.25) is 0 Å². The first-order valence-electron chi connectivity index (χ1n) is 8.25. The average molecular weight is 341 g/mol. The van der Waals surface area contributed by atoms with E-state index in [0.29, 0.717) is 24.5 Å². The van der Waals surface area contributed by atoms with Gasteiger partial charge >= 0.3 is 5.97 Å². The van der Waals surface area contributed by atoms with Gasteiger partial charge in [-0.05, 0) is 38.0 Å². The molecular weight excluding hydrogens is 318 g/mol. The number of carbonyl (C=O) groups is 2. The van der Waals surface area contributed by atoms with E-state index >= 15 is 0 Å². The number of aromatic nitrogens is 1. The number of benzene rings is 1. The number of aryl methyl sites for hydroxylation is 1. The molecule has 5 nitrogen and oxygen atoms in total. The van der Waals surface area contributed by atoms with E-state index < -0.39 is 0 Å². The Kier molecular flexibility index (Phi) is 6.28. The first-order valence-corrected chi connectivity index (χ1v) is 8.25. The quantitative estimate of drug-likeness (QED) is 0.564. The van der Waals surface area contributed by atoms with E-state index in [1.807, 2.05) is 45.0 Å². The second kappa shape index (κ2) is 8.42. The standard InChI is InChI=1S/C20H23NO4/c1-13(25-16(4)23)10-11-24-20-9-8-19(15(3)21-20)18-7-5-6-17(12-22)14(18)2/h5-9,12-13H,10-11H2,1-4H3/t13-/m0/s1. The minimum Gasteiger partial charge on any atom is -0.478 e. The van der Waals surface area contributed by atoms with Crippen molar-refractivity contribution in [3.63, 3.8) is 0 Å². The Morgan fingerprint density at radius 3 is 2.60 bits per heavy atom. The van der Waals surface area contributed by atoms with Gasteiger partial charge in [-0.3, -0.25) is 9.59 Å². The normalized spacial score (nSPS) is 11.7. The Balaban J connectivity index is 2.08. The number of ether oxygens (including phenoxy) is 2. The average Bonchev–Trinajstić information content (AvgIpc) is 2.55. The molecule has 0 aliphatic rings. The van der Waals surface area contributed by atoms with Gasteiger partial charge in [-0.2, -0.15) is 0 Å². The third-order valence-corrected chi connectivity index (χ3v) is 3.99. The fourth-order valence-corrected chi connectivity index (χ4v) is 2.65. The lowest BCUT2D eigenvalue weighted by atomic mass is 9.96. The zero-order valence-electron chi connectivity index (χ0n) is 15.0. The van der Waals surface area contributed by atoms with Crippen LogP contribution in [0.3, 0.4) is 0 Å². The number of hydrogen-bond donors (Lipinski definition) is 0. The van der Waals surface area contributed by atoms with Crippen molar-refractivity contribution in [2.75, 3.05) is 6.61 Å². The molecule has 0 unspecified atom stereocenters. The van der Waals surface area contributed by atoms with Crippen molar-refractivity contribution < 1.29 is 19.1 Å². The van der Waals surface area contributed by atoms with Crippen molar-refractivity contribution in [1.82, 2.24) is 4.98 Å². The molecule has 2 aromatic rings. The maximum Gasteiger partial charge on any atom is 0.302 e. The van der Waals surface area contributed by atoms with Crippen LogP contribution in [0.5, 0.6) is 5.88 Å². The molecule has 0 aliphatic heterocycles. The molecule has 5 heteroatoms. The van der Waals surface area contributed by atoms with E-state index in [2.05, 4.69) is 4.98 Å². The van der Waals surface area contributed by atoms with Crippen molar-refractivity contribution in [2.24, 2.45) is 0 Å². The van der Waals surface area contributed by atoms with Crippen LogP contribution in [0.25, 0.3) is 11.1 Å². The lowest BCUT2D eigenvalue weighted by molar-refractivity contribution is -0.145. The van der Waals surface area contributed by atoms with Gasteiger partial charge in [-0.1, -0.05) is 18.2 Å². The summed E-state index contributed by atoms with van der Waals surface area (Å²) in [5.74, 6) is 0.235. The summed E-state index contributed by atoms with van der Waals surface area (Å²) in [6, 6.07) is 9.41. The Morgan fingerprint density at radius 1 is 1.20 bits per heavy atom. The first kappa shape index (κ1) is 18.6. The number of carbonyl (C=O) groups excluding carboxylic acids is 2. The highest BCUT2D eigenvalue weighted by Crippen LogP contribution is 2.28. The fraction of sp³-hybridized carbons (Fsp3) is 0.350. The molecule has 1 heterocycles. The van der Waals surface area contributed by atoms with Crippen molar-refractivity contribution in [1.29, 1.82) is 0 Å². The van der Waals surface area contributed by atoms with Gasteiger partial charge in [-0.15, -0.1) is 0 Å². The van der Waals surface area contributed by atoms with Crippen molar-refractivity contribution in [3.05, 3.63) is 47.2 Å². The molecule has 1 aromatic carbocycles. The molecule has 0 radical (unpaired) electrons. The molecule has 0 N–H and O–H groups in total. The molecule has 25 heavy (non-hydrogen) atoms. The van der Waals surface area contributed by atoms with Crippen LogP contribution in [0.4, 0.5) is 0 Å². The van der Waals surface area contributed by atoms with Crippen LogP contribution in [0.1, 0.15) is 41.9 Å². The Labute approximate surface area is 148 Å². The van der Waals surface area contributed by atoms with Crippen LogP contribution < -0.4 is 4.74 Å². The van der Waals surface area contributed by atoms with E-state index in [-0.39, 0.29) is 12.1 Å². The third-order valence-electron chi connectivity index (χ3n) is 3.99.